The number of anilines is 2. The smallest absolute Gasteiger partial charge is 0.320 e. The zero-order chi connectivity index (χ0) is 24.4. The number of halogens is 2. The Morgan fingerprint density at radius 2 is 1.56 bits per heavy atom. The zero-order valence-electron chi connectivity index (χ0n) is 18.3. The number of carbonyl (C=O) groups is 3. The van der Waals surface area contributed by atoms with Gasteiger partial charge in [-0.25, -0.2) is 4.68 Å². The number of fused-ring (bicyclic) bond motifs is 1. The summed E-state index contributed by atoms with van der Waals surface area (Å²) in [7, 11) is 0. The van der Waals surface area contributed by atoms with E-state index in [1.54, 1.807) is 42.5 Å². The quantitative estimate of drug-likeness (QED) is 0.267. The van der Waals surface area contributed by atoms with Crippen LogP contribution in [0.3, 0.4) is 0 Å². The second kappa shape index (κ2) is 9.82. The van der Waals surface area contributed by atoms with Gasteiger partial charge in [0.15, 0.2) is 0 Å². The van der Waals surface area contributed by atoms with Gasteiger partial charge in [-0.3, -0.25) is 19.8 Å². The average Bonchev–Trinajstić information content (AvgIpc) is 3.13. The molecule has 0 atom stereocenters. The molecule has 0 aliphatic heterocycles. The number of carbonyl (C=O) groups excluding carboxylic acids is 3. The topological polar surface area (TPSA) is 92.2 Å². The number of aryl methyl sites for hydroxylation is 2. The summed E-state index contributed by atoms with van der Waals surface area (Å²) in [4.78, 5) is 38.5. The molecule has 4 aromatic rings. The van der Waals surface area contributed by atoms with Crippen molar-refractivity contribution in [1.82, 2.24) is 4.68 Å². The van der Waals surface area contributed by atoms with Crippen LogP contribution >= 0.6 is 31.9 Å². The predicted molar refractivity (Wildman–Crippen MR) is 141 cm³/mol. The second-order valence-corrected chi connectivity index (χ2v) is 9.58. The van der Waals surface area contributed by atoms with E-state index in [4.69, 9.17) is 0 Å². The molecule has 0 fully saturated rings. The maximum atomic E-state index is 13.2. The third-order valence-corrected chi connectivity index (χ3v) is 6.11. The molecule has 0 unspecified atom stereocenters. The highest BCUT2D eigenvalue weighted by Crippen LogP contribution is 2.25. The molecule has 0 saturated heterocycles. The van der Waals surface area contributed by atoms with E-state index < -0.39 is 17.7 Å². The van der Waals surface area contributed by atoms with E-state index >= 15 is 0 Å². The zero-order valence-corrected chi connectivity index (χ0v) is 21.5. The Balaban J connectivity index is 1.64. The van der Waals surface area contributed by atoms with Crippen molar-refractivity contribution in [2.45, 2.75) is 13.8 Å². The molecule has 34 heavy (non-hydrogen) atoms. The summed E-state index contributed by atoms with van der Waals surface area (Å²) < 4.78 is 2.90. The lowest BCUT2D eigenvalue weighted by molar-refractivity contribution is -0.133. The largest absolute Gasteiger partial charge is 0.328 e. The SMILES string of the molecule is Cc1ccc(NC(=O)c2cc3cc(Br)ccc3n2NC(=O)C(=O)Nc2cccc(Br)c2)c(C)c1. The number of nitrogens with one attached hydrogen (secondary N) is 3. The Labute approximate surface area is 212 Å². The van der Waals surface area contributed by atoms with Crippen LogP contribution in [0.4, 0.5) is 11.4 Å². The Morgan fingerprint density at radius 1 is 0.794 bits per heavy atom. The van der Waals surface area contributed by atoms with Crippen LogP contribution in [0.25, 0.3) is 10.9 Å². The van der Waals surface area contributed by atoms with Crippen LogP contribution in [0.5, 0.6) is 0 Å². The van der Waals surface area contributed by atoms with Gasteiger partial charge in [0.25, 0.3) is 5.91 Å². The summed E-state index contributed by atoms with van der Waals surface area (Å²) in [5.41, 5.74) is 6.42. The van der Waals surface area contributed by atoms with Gasteiger partial charge in [-0.1, -0.05) is 55.6 Å². The van der Waals surface area contributed by atoms with Gasteiger partial charge in [-0.15, -0.1) is 0 Å². The van der Waals surface area contributed by atoms with Crippen LogP contribution in [0.2, 0.25) is 0 Å². The van der Waals surface area contributed by atoms with Crippen molar-refractivity contribution in [2.75, 3.05) is 16.1 Å². The van der Waals surface area contributed by atoms with Crippen LogP contribution in [-0.4, -0.2) is 22.4 Å². The molecule has 4 rings (SSSR count). The fourth-order valence-corrected chi connectivity index (χ4v) is 4.30. The molecule has 3 aromatic carbocycles. The van der Waals surface area contributed by atoms with Crippen molar-refractivity contribution in [3.63, 3.8) is 0 Å². The molecule has 1 aromatic heterocycles. The number of benzene rings is 3. The van der Waals surface area contributed by atoms with E-state index in [1.807, 2.05) is 38.1 Å². The van der Waals surface area contributed by atoms with E-state index in [9.17, 15) is 14.4 Å². The molecule has 3 amide bonds. The lowest BCUT2D eigenvalue weighted by Crippen LogP contribution is -2.36. The molecule has 1 heterocycles. The number of hydrogen-bond acceptors (Lipinski definition) is 3. The van der Waals surface area contributed by atoms with Crippen LogP contribution in [-0.2, 0) is 9.59 Å². The Hall–Kier alpha value is -3.43. The molecule has 9 heteroatoms. The minimum Gasteiger partial charge on any atom is -0.320 e. The fraction of sp³-hybridized carbons (Fsp3) is 0.0800. The molecule has 0 radical (unpaired) electrons. The van der Waals surface area contributed by atoms with Crippen LogP contribution in [0, 0.1) is 13.8 Å². The first-order valence-corrected chi connectivity index (χ1v) is 11.9. The normalized spacial score (nSPS) is 10.7. The highest BCUT2D eigenvalue weighted by atomic mass is 79.9. The standard InChI is InChI=1S/C25H20Br2N4O3/c1-14-6-8-20(15(2)10-14)29-23(32)22-12-16-11-18(27)7-9-21(16)31(22)30-25(34)24(33)28-19-5-3-4-17(26)13-19/h3-13H,1-2H3,(H,28,33)(H,29,32)(H,30,34). The number of amides is 3. The summed E-state index contributed by atoms with van der Waals surface area (Å²) in [6.07, 6.45) is 0. The van der Waals surface area contributed by atoms with Gasteiger partial charge < -0.3 is 10.6 Å². The van der Waals surface area contributed by atoms with Crippen LogP contribution in [0.1, 0.15) is 21.6 Å². The van der Waals surface area contributed by atoms with Crippen LogP contribution < -0.4 is 16.1 Å². The Kier molecular flexibility index (Phi) is 6.85. The highest BCUT2D eigenvalue weighted by molar-refractivity contribution is 9.10. The number of aromatic nitrogens is 1. The average molecular weight is 584 g/mol. The second-order valence-electron chi connectivity index (χ2n) is 7.75. The van der Waals surface area contributed by atoms with Crippen LogP contribution in [0.15, 0.2) is 75.7 Å². The fourth-order valence-electron chi connectivity index (χ4n) is 3.52. The highest BCUT2D eigenvalue weighted by Gasteiger charge is 2.21. The summed E-state index contributed by atoms with van der Waals surface area (Å²) in [6.45, 7) is 3.88. The third-order valence-electron chi connectivity index (χ3n) is 5.13. The van der Waals surface area contributed by atoms with Crippen molar-refractivity contribution < 1.29 is 14.4 Å². The van der Waals surface area contributed by atoms with Gasteiger partial charge in [0.1, 0.15) is 5.69 Å². The molecule has 0 bridgehead atoms. The van der Waals surface area contributed by atoms with Gasteiger partial charge in [-0.05, 0) is 67.9 Å². The van der Waals surface area contributed by atoms with E-state index in [0.29, 0.717) is 22.3 Å². The molecule has 0 spiro atoms. The van der Waals surface area contributed by atoms with Crippen molar-refractivity contribution in [2.24, 2.45) is 0 Å². The monoisotopic (exact) mass is 582 g/mol. The van der Waals surface area contributed by atoms with Crippen molar-refractivity contribution in [1.29, 1.82) is 0 Å². The minimum atomic E-state index is -0.916. The molecule has 172 valence electrons. The van der Waals surface area contributed by atoms with Gasteiger partial charge in [0, 0.05) is 25.7 Å². The molecule has 0 saturated carbocycles. The Bertz CT molecular complexity index is 1450. The predicted octanol–water partition coefficient (Wildman–Crippen LogP) is 5.74. The summed E-state index contributed by atoms with van der Waals surface area (Å²) in [5, 5.41) is 6.16. The molecular weight excluding hydrogens is 564 g/mol. The van der Waals surface area contributed by atoms with Crippen molar-refractivity contribution in [3.8, 4) is 0 Å². The number of rotatable bonds is 4. The number of nitrogens with zero attached hydrogens (tertiary/aromatic N) is 1. The number of hydrogen-bond donors (Lipinski definition) is 3. The lowest BCUT2D eigenvalue weighted by Gasteiger charge is -2.14. The van der Waals surface area contributed by atoms with E-state index in [1.165, 1.54) is 4.68 Å². The molecule has 0 aliphatic carbocycles. The molecule has 3 N–H and O–H groups in total. The first kappa shape index (κ1) is 23.7. The van der Waals surface area contributed by atoms with Gasteiger partial charge in [-0.2, -0.15) is 0 Å². The van der Waals surface area contributed by atoms with Gasteiger partial charge in [0.05, 0.1) is 5.52 Å². The van der Waals surface area contributed by atoms with Crippen molar-refractivity contribution >= 4 is 71.9 Å². The van der Waals surface area contributed by atoms with E-state index in [-0.39, 0.29) is 5.69 Å². The van der Waals surface area contributed by atoms with Gasteiger partial charge >= 0.3 is 11.8 Å². The molecular formula is C25H20Br2N4O3. The summed E-state index contributed by atoms with van der Waals surface area (Å²) in [6, 6.07) is 19.6. The first-order valence-electron chi connectivity index (χ1n) is 10.3. The summed E-state index contributed by atoms with van der Waals surface area (Å²) >= 11 is 6.75. The molecule has 0 aliphatic rings. The lowest BCUT2D eigenvalue weighted by atomic mass is 10.1. The minimum absolute atomic E-state index is 0.177. The summed E-state index contributed by atoms with van der Waals surface area (Å²) in [5.74, 6) is -2.20. The molecule has 7 nitrogen and oxygen atoms in total. The Morgan fingerprint density at radius 3 is 2.29 bits per heavy atom. The van der Waals surface area contributed by atoms with E-state index in [0.717, 1.165) is 20.1 Å². The first-order chi connectivity index (χ1) is 16.2. The van der Waals surface area contributed by atoms with Crippen molar-refractivity contribution in [3.05, 3.63) is 92.5 Å². The van der Waals surface area contributed by atoms with E-state index in [2.05, 4.69) is 47.9 Å². The third kappa shape index (κ3) is 5.21. The van der Waals surface area contributed by atoms with Gasteiger partial charge in [0.2, 0.25) is 0 Å². The maximum absolute atomic E-state index is 13.2. The maximum Gasteiger partial charge on any atom is 0.328 e.